The third kappa shape index (κ3) is 12.5. The van der Waals surface area contributed by atoms with Crippen LogP contribution in [0.1, 0.15) is 33.3 Å². The number of benzene rings is 1. The Morgan fingerprint density at radius 3 is 2.03 bits per heavy atom. The molecule has 0 unspecified atom stereocenters. The highest BCUT2D eigenvalue weighted by Gasteiger charge is 2.22. The van der Waals surface area contributed by atoms with Crippen LogP contribution in [0.3, 0.4) is 0 Å². The minimum Gasteiger partial charge on any atom is -0.444 e. The molecule has 0 aliphatic carbocycles. The molecule has 1 atom stereocenters. The monoisotopic (exact) mass is 477 g/mol. The van der Waals surface area contributed by atoms with Crippen LogP contribution in [0.2, 0.25) is 0 Å². The van der Waals surface area contributed by atoms with Gasteiger partial charge in [0.25, 0.3) is 0 Å². The van der Waals surface area contributed by atoms with Crippen LogP contribution in [0.15, 0.2) is 30.3 Å². The van der Waals surface area contributed by atoms with Gasteiger partial charge in [0.15, 0.2) is 6.73 Å². The number of rotatable bonds is 14. The van der Waals surface area contributed by atoms with Crippen molar-refractivity contribution in [3.63, 3.8) is 0 Å². The number of hydrogen-bond acceptors (Lipinski definition) is 7. The van der Waals surface area contributed by atoms with Crippen molar-refractivity contribution in [3.05, 3.63) is 35.9 Å². The van der Waals surface area contributed by atoms with Gasteiger partial charge in [-0.05, 0) is 5.56 Å². The summed E-state index contributed by atoms with van der Waals surface area (Å²) >= 11 is 0. The van der Waals surface area contributed by atoms with Crippen LogP contribution in [0.25, 0.3) is 0 Å². The van der Waals surface area contributed by atoms with E-state index in [-0.39, 0.29) is 50.7 Å². The standard InChI is InChI=1S/C23H35N5O6/c1-15(2)23(33)34-14-27-20(30)12-26-22(32)18(10-17-8-6-5-7-9-17)28-21(31)13-25-19(29)11-24-16(3)4/h5-9,15-16,18,24H,10-14H2,1-4H3,(H,25,29)(H,26,32)(H,27,30)(H,28,31)/t18-/m0/s1. The molecule has 11 nitrogen and oxygen atoms in total. The lowest BCUT2D eigenvalue weighted by Crippen LogP contribution is -2.52. The molecule has 0 saturated carbocycles. The summed E-state index contributed by atoms with van der Waals surface area (Å²) in [6.45, 7) is 6.23. The lowest BCUT2D eigenvalue weighted by molar-refractivity contribution is -0.149. The van der Waals surface area contributed by atoms with Crippen molar-refractivity contribution in [1.29, 1.82) is 0 Å². The second-order valence-electron chi connectivity index (χ2n) is 8.20. The zero-order valence-corrected chi connectivity index (χ0v) is 20.1. The fourth-order valence-corrected chi connectivity index (χ4v) is 2.55. The minimum absolute atomic E-state index is 0.0699. The summed E-state index contributed by atoms with van der Waals surface area (Å²) in [5.74, 6) is -2.79. The maximum atomic E-state index is 12.7. The zero-order chi connectivity index (χ0) is 25.5. The summed E-state index contributed by atoms with van der Waals surface area (Å²) < 4.78 is 4.86. The first-order chi connectivity index (χ1) is 16.1. The second kappa shape index (κ2) is 15.4. The van der Waals surface area contributed by atoms with Gasteiger partial charge in [0.05, 0.1) is 25.6 Å². The van der Waals surface area contributed by atoms with Crippen molar-refractivity contribution in [1.82, 2.24) is 26.6 Å². The summed E-state index contributed by atoms with van der Waals surface area (Å²) in [6, 6.07) is 8.21. The maximum absolute atomic E-state index is 12.7. The largest absolute Gasteiger partial charge is 0.444 e. The molecule has 0 saturated heterocycles. The van der Waals surface area contributed by atoms with E-state index in [1.807, 2.05) is 32.0 Å². The van der Waals surface area contributed by atoms with E-state index in [1.54, 1.807) is 26.0 Å². The molecule has 0 spiro atoms. The van der Waals surface area contributed by atoms with E-state index >= 15 is 0 Å². The van der Waals surface area contributed by atoms with Gasteiger partial charge in [0, 0.05) is 12.5 Å². The number of esters is 1. The van der Waals surface area contributed by atoms with Crippen LogP contribution in [0, 0.1) is 5.92 Å². The molecule has 0 radical (unpaired) electrons. The van der Waals surface area contributed by atoms with Gasteiger partial charge < -0.3 is 31.3 Å². The Balaban J connectivity index is 2.59. The summed E-state index contributed by atoms with van der Waals surface area (Å²) in [4.78, 5) is 60.2. The molecular weight excluding hydrogens is 442 g/mol. The van der Waals surface area contributed by atoms with E-state index in [0.717, 1.165) is 5.56 Å². The van der Waals surface area contributed by atoms with Crippen molar-refractivity contribution < 1.29 is 28.7 Å². The summed E-state index contributed by atoms with van der Waals surface area (Å²) in [5, 5.41) is 12.9. The summed E-state index contributed by atoms with van der Waals surface area (Å²) in [5.41, 5.74) is 0.804. The minimum atomic E-state index is -0.966. The van der Waals surface area contributed by atoms with Gasteiger partial charge in [-0.2, -0.15) is 0 Å². The van der Waals surface area contributed by atoms with Crippen LogP contribution in [0.5, 0.6) is 0 Å². The highest BCUT2D eigenvalue weighted by atomic mass is 16.5. The topological polar surface area (TPSA) is 155 Å². The number of carbonyl (C=O) groups excluding carboxylic acids is 5. The predicted octanol–water partition coefficient (Wildman–Crippen LogP) is -0.783. The first-order valence-electron chi connectivity index (χ1n) is 11.1. The van der Waals surface area contributed by atoms with E-state index in [1.165, 1.54) is 0 Å². The van der Waals surface area contributed by atoms with Gasteiger partial charge in [0.2, 0.25) is 23.6 Å². The van der Waals surface area contributed by atoms with Crippen molar-refractivity contribution in [3.8, 4) is 0 Å². The number of nitrogens with one attached hydrogen (secondary N) is 5. The molecule has 0 aromatic heterocycles. The fourth-order valence-electron chi connectivity index (χ4n) is 2.55. The van der Waals surface area contributed by atoms with Crippen LogP contribution < -0.4 is 26.6 Å². The van der Waals surface area contributed by atoms with E-state index in [0.29, 0.717) is 0 Å². The molecule has 11 heteroatoms. The van der Waals surface area contributed by atoms with Gasteiger partial charge in [-0.3, -0.25) is 24.0 Å². The van der Waals surface area contributed by atoms with E-state index in [4.69, 9.17) is 4.74 Å². The number of amides is 4. The molecule has 0 aliphatic heterocycles. The predicted molar refractivity (Wildman–Crippen MR) is 125 cm³/mol. The molecule has 5 N–H and O–H groups in total. The molecule has 1 aromatic rings. The smallest absolute Gasteiger partial charge is 0.310 e. The molecule has 0 aliphatic rings. The normalized spacial score (nSPS) is 11.5. The maximum Gasteiger partial charge on any atom is 0.310 e. The molecular formula is C23H35N5O6. The van der Waals surface area contributed by atoms with Crippen LogP contribution in [0.4, 0.5) is 0 Å². The van der Waals surface area contributed by atoms with Crippen LogP contribution in [-0.2, 0) is 35.1 Å². The van der Waals surface area contributed by atoms with E-state index < -0.39 is 29.7 Å². The molecule has 4 amide bonds. The Morgan fingerprint density at radius 2 is 1.41 bits per heavy atom. The third-order valence-electron chi connectivity index (χ3n) is 4.43. The number of carbonyl (C=O) groups is 5. The number of ether oxygens (including phenoxy) is 1. The van der Waals surface area contributed by atoms with Gasteiger partial charge >= 0.3 is 5.97 Å². The molecule has 0 fully saturated rings. The molecule has 1 rings (SSSR count). The average Bonchev–Trinajstić information content (AvgIpc) is 2.79. The Kier molecular flexibility index (Phi) is 12.9. The van der Waals surface area contributed by atoms with Gasteiger partial charge in [-0.15, -0.1) is 0 Å². The summed E-state index contributed by atoms with van der Waals surface area (Å²) in [7, 11) is 0. The quantitative estimate of drug-likeness (QED) is 0.174. The Hall–Kier alpha value is -3.47. The molecule has 188 valence electrons. The van der Waals surface area contributed by atoms with Crippen molar-refractivity contribution >= 4 is 29.6 Å². The van der Waals surface area contributed by atoms with E-state index in [2.05, 4.69) is 26.6 Å². The number of hydrogen-bond donors (Lipinski definition) is 5. The van der Waals surface area contributed by atoms with Crippen LogP contribution >= 0.6 is 0 Å². The summed E-state index contributed by atoms with van der Waals surface area (Å²) in [6.07, 6.45) is 0.189. The second-order valence-corrected chi connectivity index (χ2v) is 8.20. The lowest BCUT2D eigenvalue weighted by atomic mass is 10.1. The van der Waals surface area contributed by atoms with Gasteiger partial charge in [-0.1, -0.05) is 58.0 Å². The lowest BCUT2D eigenvalue weighted by Gasteiger charge is -2.19. The van der Waals surface area contributed by atoms with Crippen molar-refractivity contribution in [2.75, 3.05) is 26.4 Å². The molecule has 0 heterocycles. The first kappa shape index (κ1) is 28.6. The molecule has 1 aromatic carbocycles. The van der Waals surface area contributed by atoms with E-state index in [9.17, 15) is 24.0 Å². The van der Waals surface area contributed by atoms with Gasteiger partial charge in [0.1, 0.15) is 6.04 Å². The Morgan fingerprint density at radius 1 is 0.794 bits per heavy atom. The van der Waals surface area contributed by atoms with Crippen molar-refractivity contribution in [2.45, 2.75) is 46.2 Å². The van der Waals surface area contributed by atoms with Gasteiger partial charge in [-0.25, -0.2) is 0 Å². The molecule has 0 bridgehead atoms. The fraction of sp³-hybridized carbons (Fsp3) is 0.522. The van der Waals surface area contributed by atoms with Crippen LogP contribution in [-0.4, -0.2) is 68.0 Å². The highest BCUT2D eigenvalue weighted by molar-refractivity contribution is 5.92. The first-order valence-corrected chi connectivity index (χ1v) is 11.1. The Labute approximate surface area is 199 Å². The third-order valence-corrected chi connectivity index (χ3v) is 4.43. The average molecular weight is 478 g/mol. The molecule has 34 heavy (non-hydrogen) atoms. The SMILES string of the molecule is CC(C)NCC(=O)NCC(=O)N[C@@H](Cc1ccccc1)C(=O)NCC(=O)NCOC(=O)C(C)C. The zero-order valence-electron chi connectivity index (χ0n) is 20.1. The Bertz CT molecular complexity index is 828. The highest BCUT2D eigenvalue weighted by Crippen LogP contribution is 2.03. The van der Waals surface area contributed by atoms with Crippen molar-refractivity contribution in [2.24, 2.45) is 5.92 Å².